The van der Waals surface area contributed by atoms with Crippen molar-refractivity contribution in [2.45, 2.75) is 25.8 Å². The average molecular weight is 597 g/mol. The molecule has 6 rings (SSSR count). The number of piperazine rings is 1. The Kier molecular flexibility index (Phi) is 7.96. The van der Waals surface area contributed by atoms with Gasteiger partial charge in [0.15, 0.2) is 17.6 Å². The van der Waals surface area contributed by atoms with Crippen LogP contribution in [-0.2, 0) is 6.54 Å². The lowest BCUT2D eigenvalue weighted by Gasteiger charge is -2.39. The maximum absolute atomic E-state index is 13.3. The summed E-state index contributed by atoms with van der Waals surface area (Å²) in [4.78, 5) is 8.91. The summed E-state index contributed by atoms with van der Waals surface area (Å²) in [6.45, 7) is 5.18. The zero-order valence-corrected chi connectivity index (χ0v) is 23.6. The van der Waals surface area contributed by atoms with Crippen molar-refractivity contribution in [1.29, 1.82) is 0 Å². The first-order chi connectivity index (χ1) is 19.8. The summed E-state index contributed by atoms with van der Waals surface area (Å²) in [6, 6.07) is 18.5. The van der Waals surface area contributed by atoms with Crippen LogP contribution in [0, 0.1) is 5.82 Å². The van der Waals surface area contributed by atoms with Gasteiger partial charge in [0.25, 0.3) is 0 Å². The molecule has 0 amide bonds. The van der Waals surface area contributed by atoms with Crippen LogP contribution in [0.4, 0.5) is 4.39 Å². The third-order valence-electron chi connectivity index (χ3n) is 7.04. The van der Waals surface area contributed by atoms with E-state index in [1.54, 1.807) is 55.5 Å². The van der Waals surface area contributed by atoms with Crippen molar-refractivity contribution in [2.75, 3.05) is 26.2 Å². The number of aliphatic hydroxyl groups excluding tert-OH is 1. The van der Waals surface area contributed by atoms with Gasteiger partial charge in [0.05, 0.1) is 16.6 Å². The molecule has 3 aromatic carbocycles. The molecule has 1 N–H and O–H groups in total. The first-order valence-electron chi connectivity index (χ1n) is 13.2. The molecule has 0 radical (unpaired) electrons. The van der Waals surface area contributed by atoms with Crippen molar-refractivity contribution >= 4 is 34.3 Å². The molecule has 2 aromatic heterocycles. The lowest BCUT2D eigenvalue weighted by atomic mass is 10.1. The maximum Gasteiger partial charge on any atom is 0.227 e. The second-order valence-electron chi connectivity index (χ2n) is 9.99. The average Bonchev–Trinajstić information content (AvgIpc) is 3.59. The molecule has 1 aliphatic heterocycles. The molecule has 212 valence electrons. The van der Waals surface area contributed by atoms with Crippen molar-refractivity contribution in [1.82, 2.24) is 19.9 Å². The van der Waals surface area contributed by atoms with Crippen LogP contribution in [0.15, 0.2) is 75.7 Å². The minimum absolute atomic E-state index is 0.323. The normalized spacial score (nSPS) is 16.2. The fraction of sp³-hybridized carbons (Fsp3) is 0.267. The van der Waals surface area contributed by atoms with Crippen LogP contribution in [0.3, 0.4) is 0 Å². The van der Waals surface area contributed by atoms with E-state index in [1.807, 2.05) is 6.07 Å². The molecule has 1 unspecified atom stereocenters. The van der Waals surface area contributed by atoms with Gasteiger partial charge >= 0.3 is 0 Å². The van der Waals surface area contributed by atoms with Crippen LogP contribution < -0.4 is 4.74 Å². The summed E-state index contributed by atoms with van der Waals surface area (Å²) in [5.74, 6) is 1.36. The zero-order chi connectivity index (χ0) is 28.5. The number of rotatable bonds is 8. The van der Waals surface area contributed by atoms with Crippen molar-refractivity contribution in [3.63, 3.8) is 0 Å². The highest BCUT2D eigenvalue weighted by Gasteiger charge is 2.29. The molecule has 0 aliphatic carbocycles. The van der Waals surface area contributed by atoms with Crippen LogP contribution in [0.1, 0.15) is 12.7 Å². The quantitative estimate of drug-likeness (QED) is 0.217. The Labute approximate surface area is 245 Å². The number of halogens is 3. The van der Waals surface area contributed by atoms with Crippen LogP contribution in [0.2, 0.25) is 10.0 Å². The number of ether oxygens (including phenoxy) is 1. The highest BCUT2D eigenvalue weighted by atomic mass is 35.5. The van der Waals surface area contributed by atoms with Gasteiger partial charge < -0.3 is 18.8 Å². The smallest absolute Gasteiger partial charge is 0.227 e. The van der Waals surface area contributed by atoms with E-state index in [-0.39, 0.29) is 5.82 Å². The molecule has 5 aromatic rings. The first-order valence-corrected chi connectivity index (χ1v) is 14.0. The summed E-state index contributed by atoms with van der Waals surface area (Å²) < 4.78 is 31.0. The number of oxazole rings is 1. The third kappa shape index (κ3) is 6.10. The monoisotopic (exact) mass is 596 g/mol. The number of hydrogen-bond acceptors (Lipinski definition) is 8. The third-order valence-corrected chi connectivity index (χ3v) is 7.67. The molecule has 8 nitrogen and oxygen atoms in total. The number of nitrogens with zero attached hydrogens (tertiary/aromatic N) is 4. The van der Waals surface area contributed by atoms with Gasteiger partial charge in [-0.2, -0.15) is 0 Å². The molecule has 1 saturated heterocycles. The first kappa shape index (κ1) is 27.7. The van der Waals surface area contributed by atoms with E-state index in [0.717, 1.165) is 13.1 Å². The van der Waals surface area contributed by atoms with Crippen molar-refractivity contribution < 1.29 is 23.2 Å². The fourth-order valence-electron chi connectivity index (χ4n) is 4.96. The number of aliphatic hydroxyl groups is 1. The predicted octanol–water partition coefficient (Wildman–Crippen LogP) is 6.50. The molecule has 1 aliphatic rings. The summed E-state index contributed by atoms with van der Waals surface area (Å²) in [7, 11) is 0. The van der Waals surface area contributed by atoms with Gasteiger partial charge in [0.2, 0.25) is 5.89 Å². The summed E-state index contributed by atoms with van der Waals surface area (Å²) in [5, 5.41) is 15.8. The van der Waals surface area contributed by atoms with Gasteiger partial charge in [-0.05, 0) is 55.5 Å². The highest BCUT2D eigenvalue weighted by Crippen LogP contribution is 2.34. The summed E-state index contributed by atoms with van der Waals surface area (Å²) >= 11 is 12.6. The topological polar surface area (TPSA) is 88.0 Å². The zero-order valence-electron chi connectivity index (χ0n) is 22.1. The largest absolute Gasteiger partial charge is 0.472 e. The lowest BCUT2D eigenvalue weighted by Crippen LogP contribution is -2.55. The van der Waals surface area contributed by atoms with Gasteiger partial charge in [-0.25, -0.2) is 9.37 Å². The van der Waals surface area contributed by atoms with Gasteiger partial charge in [-0.1, -0.05) is 34.4 Å². The van der Waals surface area contributed by atoms with Gasteiger partial charge in [-0.15, -0.1) is 0 Å². The number of fused-ring (bicyclic) bond motifs is 1. The van der Waals surface area contributed by atoms with E-state index in [0.29, 0.717) is 75.0 Å². The second kappa shape index (κ2) is 11.8. The van der Waals surface area contributed by atoms with E-state index >= 15 is 0 Å². The van der Waals surface area contributed by atoms with Crippen LogP contribution in [0.25, 0.3) is 33.8 Å². The van der Waals surface area contributed by atoms with E-state index in [4.69, 9.17) is 36.9 Å². The van der Waals surface area contributed by atoms with Crippen molar-refractivity contribution in [3.8, 4) is 28.5 Å². The van der Waals surface area contributed by atoms with Gasteiger partial charge in [-0.3, -0.25) is 9.80 Å². The second-order valence-corrected chi connectivity index (χ2v) is 10.8. The molecule has 11 heteroatoms. The Bertz CT molecular complexity index is 1630. The van der Waals surface area contributed by atoms with Crippen LogP contribution in [0.5, 0.6) is 5.75 Å². The molecule has 0 spiro atoms. The molecule has 1 fully saturated rings. The predicted molar refractivity (Wildman–Crippen MR) is 154 cm³/mol. The Morgan fingerprint density at radius 3 is 2.44 bits per heavy atom. The van der Waals surface area contributed by atoms with Crippen molar-refractivity contribution in [3.05, 3.63) is 88.4 Å². The highest BCUT2D eigenvalue weighted by molar-refractivity contribution is 6.39. The minimum Gasteiger partial charge on any atom is -0.472 e. The molecular weight excluding hydrogens is 570 g/mol. The molecule has 3 heterocycles. The Morgan fingerprint density at radius 2 is 1.73 bits per heavy atom. The number of aromatic nitrogens is 2. The molecule has 0 saturated carbocycles. The SMILES string of the molecule is C[C@H](O)C(Oc1ccc2oc(-c3ccc(F)cc3)nc2c1)N1CCN(Cc2cc(-c3c(Cl)cccc3Cl)no2)CC1. The van der Waals surface area contributed by atoms with Crippen LogP contribution >= 0.6 is 23.2 Å². The number of hydrogen-bond donors (Lipinski definition) is 1. The van der Waals surface area contributed by atoms with E-state index in [2.05, 4.69) is 19.9 Å². The van der Waals surface area contributed by atoms with Gasteiger partial charge in [0.1, 0.15) is 28.9 Å². The summed E-state index contributed by atoms with van der Waals surface area (Å²) in [5.41, 5.74) is 3.14. The van der Waals surface area contributed by atoms with E-state index < -0.39 is 12.3 Å². The van der Waals surface area contributed by atoms with E-state index in [9.17, 15) is 9.50 Å². The minimum atomic E-state index is -0.735. The fourth-order valence-corrected chi connectivity index (χ4v) is 5.55. The number of benzene rings is 3. The summed E-state index contributed by atoms with van der Waals surface area (Å²) in [6.07, 6.45) is -1.28. The molecule has 2 atom stereocenters. The lowest BCUT2D eigenvalue weighted by molar-refractivity contribution is -0.0756. The molecule has 0 bridgehead atoms. The molecular formula is C30H27Cl2FN4O4. The van der Waals surface area contributed by atoms with Crippen LogP contribution in [-0.4, -0.2) is 63.6 Å². The Balaban J connectivity index is 1.09. The van der Waals surface area contributed by atoms with E-state index in [1.165, 1.54) is 12.1 Å². The van der Waals surface area contributed by atoms with Crippen molar-refractivity contribution in [2.24, 2.45) is 0 Å². The molecule has 41 heavy (non-hydrogen) atoms. The Hall–Kier alpha value is -3.47. The standard InChI is InChI=1S/C30H27Cl2FN4O4/c1-18(38)30(39-21-9-10-27-25(15-21)34-29(40-27)19-5-7-20(33)8-6-19)37-13-11-36(12-14-37)17-22-16-26(35-41-22)28-23(31)3-2-4-24(28)32/h2-10,15-16,18,30,38H,11-14,17H2,1H3/t18-,30?/m0/s1. The Morgan fingerprint density at radius 1 is 1.00 bits per heavy atom. The maximum atomic E-state index is 13.3. The van der Waals surface area contributed by atoms with Gasteiger partial charge in [0, 0.05) is 49.4 Å².